The van der Waals surface area contributed by atoms with Gasteiger partial charge in [0.2, 0.25) is 10.0 Å². The van der Waals surface area contributed by atoms with E-state index in [1.807, 2.05) is 30.3 Å². The van der Waals surface area contributed by atoms with E-state index in [0.717, 1.165) is 17.6 Å². The van der Waals surface area contributed by atoms with E-state index < -0.39 is 10.0 Å². The number of rotatable bonds is 6. The zero-order chi connectivity index (χ0) is 25.4. The van der Waals surface area contributed by atoms with Gasteiger partial charge in [-0.1, -0.05) is 18.2 Å². The van der Waals surface area contributed by atoms with Gasteiger partial charge in [-0.05, 0) is 43.3 Å². The fourth-order valence-electron chi connectivity index (χ4n) is 3.40. The van der Waals surface area contributed by atoms with Crippen LogP contribution in [0.3, 0.4) is 0 Å². The van der Waals surface area contributed by atoms with E-state index in [9.17, 15) is 8.42 Å². The standard InChI is InChI=1S/C21H23N7O2S3.ClH.Co/c1-15-19(20(22)28(25-15)17-5-3-2-4-6-17)21(31)32-26-24-16-7-9-18(10-8-16)33(29,30)27-13-11-23-12-14-27;;/h2-10,22-23,31H,11-14H2,1H3;1H;/q;;+2/p-2/b21-19-,22-20?,26-24?;;. The fourth-order valence-corrected chi connectivity index (χ4v) is 5.73. The Morgan fingerprint density at radius 2 is 1.77 bits per heavy atom. The number of hydrogen-bond donors (Lipinski definition) is 2. The molecular formula is C21H22ClCoN7O2S3. The van der Waals surface area contributed by atoms with Crippen molar-refractivity contribution in [1.29, 1.82) is 5.41 Å². The Kier molecular flexibility index (Phi) is 10.2. The first-order chi connectivity index (χ1) is 16.9. The molecule has 2 aromatic rings. The molecule has 1 saturated heterocycles. The maximum atomic E-state index is 12.7. The molecule has 9 nitrogen and oxygen atoms in total. The van der Waals surface area contributed by atoms with E-state index in [1.165, 1.54) is 21.4 Å². The van der Waals surface area contributed by atoms with Crippen LogP contribution in [0.1, 0.15) is 6.92 Å². The van der Waals surface area contributed by atoms with Gasteiger partial charge in [0.25, 0.3) is 0 Å². The molecule has 4 rings (SSSR count). The number of hydrazone groups is 1. The number of nitrogens with zero attached hydrogens (tertiary/aromatic N) is 5. The normalized spacial score (nSPS) is 18.3. The zero-order valence-electron chi connectivity index (χ0n) is 18.5. The molecular weight excluding hydrogens is 573 g/mol. The van der Waals surface area contributed by atoms with Gasteiger partial charge in [0, 0.05) is 43.7 Å². The van der Waals surface area contributed by atoms with Gasteiger partial charge in [-0.25, -0.2) is 13.4 Å². The molecule has 1 fully saturated rings. The van der Waals surface area contributed by atoms with Crippen molar-refractivity contribution in [2.75, 3.05) is 31.2 Å². The third kappa shape index (κ3) is 6.68. The van der Waals surface area contributed by atoms with E-state index in [2.05, 4.69) is 45.0 Å². The van der Waals surface area contributed by atoms with Gasteiger partial charge in [-0.2, -0.15) is 9.41 Å². The predicted octanol–water partition coefficient (Wildman–Crippen LogP) is 4.33. The molecule has 2 N–H and O–H groups in total. The van der Waals surface area contributed by atoms with E-state index in [-0.39, 0.29) is 10.7 Å². The zero-order valence-corrected chi connectivity index (χ0v) is 22.8. The first-order valence-electron chi connectivity index (χ1n) is 10.3. The van der Waals surface area contributed by atoms with Gasteiger partial charge in [0.1, 0.15) is 0 Å². The summed E-state index contributed by atoms with van der Waals surface area (Å²) in [4.78, 5) is 0.231. The Bertz CT molecular complexity index is 1230. The minimum atomic E-state index is -3.51. The number of benzene rings is 2. The topological polar surface area (TPSA) is 114 Å². The number of sulfonamides is 1. The van der Waals surface area contributed by atoms with Gasteiger partial charge >= 0.3 is 25.0 Å². The minimum absolute atomic E-state index is 0.189. The van der Waals surface area contributed by atoms with Crippen LogP contribution in [0.5, 0.6) is 0 Å². The number of hydrogen-bond acceptors (Lipinski definition) is 9. The molecule has 0 aliphatic carbocycles. The Labute approximate surface area is 227 Å². The Morgan fingerprint density at radius 1 is 1.14 bits per heavy atom. The number of para-hydroxylation sites is 1. The second-order valence-corrected chi connectivity index (χ2v) is 10.6. The molecule has 0 spiro atoms. The van der Waals surface area contributed by atoms with Crippen LogP contribution in [0, 0.1) is 5.41 Å². The van der Waals surface area contributed by atoms with Crippen molar-refractivity contribution in [2.45, 2.75) is 11.8 Å². The molecule has 0 aromatic heterocycles. The first-order valence-corrected chi connectivity index (χ1v) is 14.4. The molecule has 0 amide bonds. The SMILES string of the molecule is CC1=NN(c2ccccc2)C(=N)/C1=C(/[S-])SN=Nc1ccc(S(=O)(=O)N2CCNCC2)cc1.[Cl][Co+]. The van der Waals surface area contributed by atoms with Crippen molar-refractivity contribution in [3.05, 3.63) is 64.4 Å². The third-order valence-corrected chi connectivity index (χ3v) is 7.97. The van der Waals surface area contributed by atoms with Gasteiger partial charge in [0.05, 0.1) is 22.0 Å². The summed E-state index contributed by atoms with van der Waals surface area (Å²) in [6.45, 7) is 4.00. The summed E-state index contributed by atoms with van der Waals surface area (Å²) in [6, 6.07) is 15.7. The average molecular weight is 595 g/mol. The summed E-state index contributed by atoms with van der Waals surface area (Å²) in [5.74, 6) is 0.189. The molecule has 0 saturated carbocycles. The van der Waals surface area contributed by atoms with Crippen LogP contribution in [-0.2, 0) is 37.5 Å². The van der Waals surface area contributed by atoms with E-state index >= 15 is 0 Å². The van der Waals surface area contributed by atoms with E-state index in [1.54, 1.807) is 19.1 Å². The predicted molar refractivity (Wildman–Crippen MR) is 140 cm³/mol. The van der Waals surface area contributed by atoms with Crippen LogP contribution in [0.15, 0.2) is 84.0 Å². The Balaban J connectivity index is 0.00000167. The van der Waals surface area contributed by atoms with Crippen LogP contribution in [0.25, 0.3) is 0 Å². The molecule has 187 valence electrons. The van der Waals surface area contributed by atoms with Crippen molar-refractivity contribution in [1.82, 2.24) is 9.62 Å². The number of anilines is 1. The molecule has 2 aliphatic heterocycles. The van der Waals surface area contributed by atoms with Crippen LogP contribution >= 0.6 is 22.1 Å². The molecule has 0 radical (unpaired) electrons. The van der Waals surface area contributed by atoms with Crippen molar-refractivity contribution in [3.8, 4) is 0 Å². The summed E-state index contributed by atoms with van der Waals surface area (Å²) in [7, 11) is 0.812. The summed E-state index contributed by atoms with van der Waals surface area (Å²) < 4.78 is 31.4. The third-order valence-electron chi connectivity index (χ3n) is 5.10. The molecule has 2 aromatic carbocycles. The van der Waals surface area contributed by atoms with Crippen molar-refractivity contribution in [2.24, 2.45) is 14.7 Å². The summed E-state index contributed by atoms with van der Waals surface area (Å²) >= 11 is 9.47. The van der Waals surface area contributed by atoms with E-state index in [0.29, 0.717) is 47.4 Å². The van der Waals surface area contributed by atoms with Gasteiger partial charge in [-0.15, -0.1) is 13.9 Å². The number of amidine groups is 1. The maximum absolute atomic E-state index is 12.7. The summed E-state index contributed by atoms with van der Waals surface area (Å²) in [6.07, 6.45) is 0. The average Bonchev–Trinajstić information content (AvgIpc) is 3.20. The second kappa shape index (κ2) is 12.9. The van der Waals surface area contributed by atoms with Crippen LogP contribution in [0.2, 0.25) is 0 Å². The second-order valence-electron chi connectivity index (χ2n) is 7.26. The van der Waals surface area contributed by atoms with E-state index in [4.69, 9.17) is 18.0 Å². The van der Waals surface area contributed by atoms with Crippen LogP contribution in [0.4, 0.5) is 11.4 Å². The molecule has 2 aliphatic rings. The van der Waals surface area contributed by atoms with Crippen LogP contribution in [-0.4, -0.2) is 50.4 Å². The molecule has 0 bridgehead atoms. The summed E-state index contributed by atoms with van der Waals surface area (Å²) in [5, 5.41) is 21.7. The molecule has 0 unspecified atom stereocenters. The Morgan fingerprint density at radius 3 is 2.40 bits per heavy atom. The first kappa shape index (κ1) is 27.7. The number of halogens is 1. The number of piperazine rings is 1. The molecule has 35 heavy (non-hydrogen) atoms. The molecule has 2 heterocycles. The summed E-state index contributed by atoms with van der Waals surface area (Å²) in [5.41, 5.74) is 2.46. The van der Waals surface area contributed by atoms with Gasteiger partial charge < -0.3 is 17.9 Å². The van der Waals surface area contributed by atoms with Crippen molar-refractivity contribution in [3.63, 3.8) is 0 Å². The van der Waals surface area contributed by atoms with Crippen molar-refractivity contribution >= 4 is 67.7 Å². The van der Waals surface area contributed by atoms with Crippen molar-refractivity contribution < 1.29 is 23.3 Å². The molecule has 0 atom stereocenters. The Hall–Kier alpha value is -1.84. The van der Waals surface area contributed by atoms with Gasteiger partial charge in [-0.3, -0.25) is 5.41 Å². The quantitative estimate of drug-likeness (QED) is 0.292. The van der Waals surface area contributed by atoms with Crippen LogP contribution < -0.4 is 10.3 Å². The molecule has 14 heteroatoms. The fraction of sp³-hybridized carbons (Fsp3) is 0.238. The van der Waals surface area contributed by atoms with Gasteiger partial charge in [0.15, 0.2) is 5.84 Å². The monoisotopic (exact) mass is 594 g/mol. The number of nitrogens with one attached hydrogen (secondary N) is 2.